The van der Waals surface area contributed by atoms with Crippen LogP contribution in [0.2, 0.25) is 0 Å². The number of nitrogens with one attached hydrogen (secondary N) is 4. The lowest BCUT2D eigenvalue weighted by atomic mass is 9.83. The van der Waals surface area contributed by atoms with Crippen LogP contribution in [0.5, 0.6) is 5.75 Å². The lowest BCUT2D eigenvalue weighted by Crippen LogP contribution is -2.54. The van der Waals surface area contributed by atoms with E-state index in [1.165, 1.54) is 23.9 Å². The molecule has 68 heavy (non-hydrogen) atoms. The number of carbonyl (C=O) groups is 6. The molecule has 358 valence electrons. The number of carbonyl (C=O) groups excluding carboxylic acids is 6. The molecule has 0 fully saturated rings. The van der Waals surface area contributed by atoms with Crippen molar-refractivity contribution in [3.63, 3.8) is 0 Å². The summed E-state index contributed by atoms with van der Waals surface area (Å²) in [6.45, 7) is 10.6. The largest absolute Gasteiger partial charge is 0.444 e. The first-order chi connectivity index (χ1) is 32.2. The number of para-hydroxylation sites is 1. The van der Waals surface area contributed by atoms with Crippen LogP contribution in [0.1, 0.15) is 70.2 Å². The van der Waals surface area contributed by atoms with Gasteiger partial charge in [-0.15, -0.1) is 11.8 Å². The second kappa shape index (κ2) is 23.4. The molecule has 0 aliphatic rings. The fourth-order valence-electron chi connectivity index (χ4n) is 7.25. The molecule has 0 aliphatic carbocycles. The third kappa shape index (κ3) is 15.1. The Morgan fingerprint density at radius 1 is 0.588 bits per heavy atom. The smallest absolute Gasteiger partial charge is 0.412 e. The number of nitrogens with two attached hydrogens (primary N) is 2. The van der Waals surface area contributed by atoms with Crippen LogP contribution in [0.15, 0.2) is 146 Å². The van der Waals surface area contributed by atoms with Crippen LogP contribution in [-0.4, -0.2) is 71.6 Å². The molecule has 0 heterocycles. The Morgan fingerprint density at radius 3 is 1.54 bits per heavy atom. The van der Waals surface area contributed by atoms with Gasteiger partial charge >= 0.3 is 18.3 Å². The predicted octanol–water partition coefficient (Wildman–Crippen LogP) is 7.81. The molecule has 0 bridgehead atoms. The molecule has 15 nitrogen and oxygen atoms in total. The summed E-state index contributed by atoms with van der Waals surface area (Å²) in [6.07, 6.45) is -4.65. The van der Waals surface area contributed by atoms with Gasteiger partial charge in [-0.25, -0.2) is 14.4 Å². The van der Waals surface area contributed by atoms with Crippen molar-refractivity contribution in [1.29, 1.82) is 0 Å². The quantitative estimate of drug-likeness (QED) is 0.0440. The van der Waals surface area contributed by atoms with E-state index in [1.807, 2.05) is 97.1 Å². The van der Waals surface area contributed by atoms with Gasteiger partial charge in [-0.1, -0.05) is 142 Å². The molecular formula is C52H60N6O9S. The van der Waals surface area contributed by atoms with E-state index < -0.39 is 76.0 Å². The maximum atomic E-state index is 14.1. The fourth-order valence-corrected chi connectivity index (χ4v) is 8.82. The van der Waals surface area contributed by atoms with E-state index in [-0.39, 0.29) is 24.3 Å². The highest BCUT2D eigenvalue weighted by Gasteiger charge is 2.40. The van der Waals surface area contributed by atoms with Crippen LogP contribution in [0.4, 0.5) is 20.1 Å². The van der Waals surface area contributed by atoms with Crippen molar-refractivity contribution in [1.82, 2.24) is 16.0 Å². The van der Waals surface area contributed by atoms with Gasteiger partial charge in [0, 0.05) is 30.3 Å². The minimum absolute atomic E-state index is 0.0108. The molecule has 5 aromatic rings. The lowest BCUT2D eigenvalue weighted by molar-refractivity contribution is -0.133. The summed E-state index contributed by atoms with van der Waals surface area (Å²) in [5.41, 5.74) is 13.8. The lowest BCUT2D eigenvalue weighted by Gasteiger charge is -2.36. The molecule has 1 unspecified atom stereocenters. The Hall–Kier alpha value is -7.33. The molecule has 0 aromatic heterocycles. The summed E-state index contributed by atoms with van der Waals surface area (Å²) in [4.78, 5) is 79.0. The number of benzene rings is 5. The standard InChI is InChI=1S/C52H60N6O9S/c1-50(2,3)43(58-48(63)65-39-29-27-34(28-30-39)31-40(57-49(64)67-51(4,5)6)45(60)55-38-25-17-10-18-26-38)32-42(66-47(54)62)46(61)56-41(44(53)59)33-68-52(35-19-11-7-12-20-35,36-21-13-8-14-22-36)37-23-15-9-16-24-37/h7-30,40-43H,31-33H2,1-6H3,(H2,53,59)(H2,54,62)(H,55,60)(H,56,61)(H,57,64)(H,58,63)/t40-,41-,42-,43?/m0/s1. The Bertz CT molecular complexity index is 2370. The predicted molar refractivity (Wildman–Crippen MR) is 263 cm³/mol. The molecule has 8 N–H and O–H groups in total. The van der Waals surface area contributed by atoms with Crippen LogP contribution in [0.3, 0.4) is 0 Å². The van der Waals surface area contributed by atoms with Crippen LogP contribution in [0.25, 0.3) is 0 Å². The molecule has 0 spiro atoms. The van der Waals surface area contributed by atoms with Gasteiger partial charge in [-0.3, -0.25) is 14.4 Å². The number of hydrogen-bond acceptors (Lipinski definition) is 10. The molecule has 5 aromatic carbocycles. The molecule has 0 saturated carbocycles. The Morgan fingerprint density at radius 2 is 1.09 bits per heavy atom. The highest BCUT2D eigenvalue weighted by atomic mass is 32.2. The Labute approximate surface area is 401 Å². The minimum Gasteiger partial charge on any atom is -0.444 e. The van der Waals surface area contributed by atoms with E-state index in [9.17, 15) is 28.8 Å². The van der Waals surface area contributed by atoms with Gasteiger partial charge in [0.25, 0.3) is 5.91 Å². The molecule has 0 aliphatic heterocycles. The number of rotatable bonds is 19. The summed E-state index contributed by atoms with van der Waals surface area (Å²) in [6, 6.07) is 41.4. The zero-order chi connectivity index (χ0) is 49.5. The number of alkyl carbamates (subject to hydrolysis) is 1. The molecule has 0 saturated heterocycles. The van der Waals surface area contributed by atoms with Crippen LogP contribution < -0.4 is 37.5 Å². The van der Waals surface area contributed by atoms with Gasteiger partial charge in [0.05, 0.1) is 4.75 Å². The summed E-state index contributed by atoms with van der Waals surface area (Å²) >= 11 is 1.41. The van der Waals surface area contributed by atoms with Gasteiger partial charge in [0.15, 0.2) is 6.10 Å². The van der Waals surface area contributed by atoms with Crippen LogP contribution in [0, 0.1) is 5.41 Å². The van der Waals surface area contributed by atoms with Gasteiger partial charge < -0.3 is 46.9 Å². The Balaban J connectivity index is 1.29. The normalized spacial score (nSPS) is 13.3. The summed E-state index contributed by atoms with van der Waals surface area (Å²) in [5, 5.41) is 10.9. The van der Waals surface area contributed by atoms with E-state index in [4.69, 9.17) is 25.7 Å². The molecule has 4 atom stereocenters. The topological polar surface area (TPSA) is 230 Å². The van der Waals surface area contributed by atoms with Crippen molar-refractivity contribution in [3.8, 4) is 5.75 Å². The SMILES string of the molecule is CC(C)(C)OC(=O)N[C@@H](Cc1ccc(OC(=O)NC(C[C@H](OC(N)=O)C(=O)N[C@@H](CSC(c2ccccc2)(c2ccccc2)c2ccccc2)C(N)=O)C(C)(C)C)cc1)C(=O)Nc1ccccc1. The highest BCUT2D eigenvalue weighted by Crippen LogP contribution is 2.48. The van der Waals surface area contributed by atoms with E-state index in [0.717, 1.165) is 16.7 Å². The van der Waals surface area contributed by atoms with E-state index in [2.05, 4.69) is 21.3 Å². The number of primary amides is 2. The monoisotopic (exact) mass is 944 g/mol. The number of thioether (sulfide) groups is 1. The molecule has 16 heteroatoms. The number of hydrogen-bond donors (Lipinski definition) is 6. The van der Waals surface area contributed by atoms with Crippen molar-refractivity contribution in [3.05, 3.63) is 168 Å². The fraction of sp³-hybridized carbons (Fsp3) is 0.308. The first-order valence-electron chi connectivity index (χ1n) is 22.0. The zero-order valence-electron chi connectivity index (χ0n) is 39.0. The molecule has 0 radical (unpaired) electrons. The first kappa shape index (κ1) is 51.7. The van der Waals surface area contributed by atoms with Crippen molar-refractivity contribution in [2.45, 2.75) is 89.0 Å². The summed E-state index contributed by atoms with van der Waals surface area (Å²) in [7, 11) is 0. The van der Waals surface area contributed by atoms with Crippen molar-refractivity contribution in [2.75, 3.05) is 11.1 Å². The third-order valence-electron chi connectivity index (χ3n) is 10.6. The van der Waals surface area contributed by atoms with Crippen LogP contribution in [-0.2, 0) is 35.0 Å². The highest BCUT2D eigenvalue weighted by molar-refractivity contribution is 8.00. The zero-order valence-corrected chi connectivity index (χ0v) is 39.8. The summed E-state index contributed by atoms with van der Waals surface area (Å²) < 4.78 is 15.5. The molecule has 6 amide bonds. The van der Waals surface area contributed by atoms with Gasteiger partial charge in [-0.05, 0) is 72.7 Å². The van der Waals surface area contributed by atoms with Crippen molar-refractivity contribution < 1.29 is 43.0 Å². The molecular weight excluding hydrogens is 885 g/mol. The van der Waals surface area contributed by atoms with E-state index in [0.29, 0.717) is 11.3 Å². The summed E-state index contributed by atoms with van der Waals surface area (Å²) in [5.74, 6) is -1.99. The number of ether oxygens (including phenoxy) is 3. The Kier molecular flexibility index (Phi) is 17.8. The second-order valence-electron chi connectivity index (χ2n) is 18.1. The van der Waals surface area contributed by atoms with Crippen LogP contribution >= 0.6 is 11.8 Å². The first-order valence-corrected chi connectivity index (χ1v) is 23.0. The van der Waals surface area contributed by atoms with Gasteiger partial charge in [0.1, 0.15) is 23.4 Å². The number of anilines is 1. The minimum atomic E-state index is -1.56. The third-order valence-corrected chi connectivity index (χ3v) is 12.3. The van der Waals surface area contributed by atoms with E-state index >= 15 is 0 Å². The van der Waals surface area contributed by atoms with Crippen molar-refractivity contribution in [2.24, 2.45) is 16.9 Å². The van der Waals surface area contributed by atoms with Gasteiger partial charge in [-0.2, -0.15) is 0 Å². The van der Waals surface area contributed by atoms with E-state index in [1.54, 1.807) is 77.9 Å². The average molecular weight is 945 g/mol. The molecule has 5 rings (SSSR count). The van der Waals surface area contributed by atoms with Gasteiger partial charge in [0.2, 0.25) is 11.8 Å². The number of amides is 6. The second-order valence-corrected chi connectivity index (χ2v) is 19.3. The average Bonchev–Trinajstić information content (AvgIpc) is 3.29. The maximum absolute atomic E-state index is 14.1. The maximum Gasteiger partial charge on any atom is 0.412 e. The van der Waals surface area contributed by atoms with Crippen molar-refractivity contribution >= 4 is 53.5 Å².